The van der Waals surface area contributed by atoms with E-state index in [9.17, 15) is 0 Å². The van der Waals surface area contributed by atoms with Crippen LogP contribution >= 0.6 is 0 Å². The molecule has 5 aromatic rings. The first kappa shape index (κ1) is 12.1. The first-order chi connectivity index (χ1) is 11.9. The van der Waals surface area contributed by atoms with Crippen molar-refractivity contribution < 1.29 is 0 Å². The summed E-state index contributed by atoms with van der Waals surface area (Å²) in [6.45, 7) is 0. The molecular weight excluding hydrogens is 294 g/mol. The van der Waals surface area contributed by atoms with E-state index in [2.05, 4.69) is 64.6 Å². The molecule has 2 aromatic heterocycles. The monoisotopic (exact) mass is 307 g/mol. The van der Waals surface area contributed by atoms with Crippen molar-refractivity contribution in [3.8, 4) is 33.9 Å². The lowest BCUT2D eigenvalue weighted by Crippen LogP contribution is -1.82. The molecule has 3 aromatic carbocycles. The lowest BCUT2D eigenvalue weighted by molar-refractivity contribution is 1.31. The third-order valence-corrected chi connectivity index (χ3v) is 4.98. The molecule has 0 saturated heterocycles. The molecule has 2 N–H and O–H groups in total. The summed E-state index contributed by atoms with van der Waals surface area (Å²) in [5.41, 5.74) is 6.90. The number of benzene rings is 3. The number of rotatable bonds is 1. The fourth-order valence-electron chi connectivity index (χ4n) is 3.90. The van der Waals surface area contributed by atoms with Crippen LogP contribution in [0.1, 0.15) is 0 Å². The minimum absolute atomic E-state index is 0.920. The lowest BCUT2D eigenvalue weighted by Gasteiger charge is -2.02. The van der Waals surface area contributed by atoms with E-state index >= 15 is 0 Å². The van der Waals surface area contributed by atoms with Gasteiger partial charge in [-0.05, 0) is 11.5 Å². The second kappa shape index (κ2) is 4.15. The van der Waals surface area contributed by atoms with Gasteiger partial charge in [0.1, 0.15) is 5.82 Å². The van der Waals surface area contributed by atoms with Crippen molar-refractivity contribution in [3.63, 3.8) is 0 Å². The molecule has 112 valence electrons. The van der Waals surface area contributed by atoms with E-state index in [0.29, 0.717) is 0 Å². The molecule has 0 radical (unpaired) electrons. The zero-order valence-electron chi connectivity index (χ0n) is 12.8. The Morgan fingerprint density at radius 1 is 0.750 bits per heavy atom. The summed E-state index contributed by atoms with van der Waals surface area (Å²) < 4.78 is 0. The smallest absolute Gasteiger partial charge is 0.140 e. The zero-order valence-corrected chi connectivity index (χ0v) is 12.8. The summed E-state index contributed by atoms with van der Waals surface area (Å²) >= 11 is 0. The van der Waals surface area contributed by atoms with E-state index in [1.165, 1.54) is 27.3 Å². The van der Waals surface area contributed by atoms with Crippen molar-refractivity contribution >= 4 is 21.7 Å². The van der Waals surface area contributed by atoms with Gasteiger partial charge in [-0.3, -0.25) is 0 Å². The Morgan fingerprint density at radius 2 is 1.58 bits per heavy atom. The highest BCUT2D eigenvalue weighted by Crippen LogP contribution is 2.46. The molecular formula is C21H13N3. The van der Waals surface area contributed by atoms with Gasteiger partial charge in [-0.15, -0.1) is 0 Å². The van der Waals surface area contributed by atoms with Gasteiger partial charge in [-0.1, -0.05) is 54.6 Å². The van der Waals surface area contributed by atoms with Crippen LogP contribution in [0.25, 0.3) is 55.6 Å². The molecule has 6 rings (SSSR count). The molecule has 3 heteroatoms. The summed E-state index contributed by atoms with van der Waals surface area (Å²) in [7, 11) is 0. The van der Waals surface area contributed by atoms with Crippen molar-refractivity contribution in [1.82, 2.24) is 15.0 Å². The van der Waals surface area contributed by atoms with E-state index < -0.39 is 0 Å². The largest absolute Gasteiger partial charge is 0.360 e. The van der Waals surface area contributed by atoms with Crippen molar-refractivity contribution in [1.29, 1.82) is 0 Å². The Bertz CT molecular complexity index is 1200. The molecule has 0 aliphatic heterocycles. The third-order valence-electron chi connectivity index (χ3n) is 4.98. The van der Waals surface area contributed by atoms with Crippen molar-refractivity contribution in [2.45, 2.75) is 0 Å². The third kappa shape index (κ3) is 1.39. The molecule has 2 heterocycles. The summed E-state index contributed by atoms with van der Waals surface area (Å²) in [6.07, 6.45) is 2.03. The van der Waals surface area contributed by atoms with E-state index in [-0.39, 0.29) is 0 Å². The number of para-hydroxylation sites is 1. The van der Waals surface area contributed by atoms with Gasteiger partial charge >= 0.3 is 0 Å². The maximum atomic E-state index is 4.95. The molecule has 0 unspecified atom stereocenters. The summed E-state index contributed by atoms with van der Waals surface area (Å²) in [5.74, 6) is 0.920. The molecule has 0 saturated carbocycles. The summed E-state index contributed by atoms with van der Waals surface area (Å²) in [5, 5.41) is 3.76. The van der Waals surface area contributed by atoms with E-state index in [0.717, 1.165) is 28.3 Å². The number of aromatic amines is 2. The van der Waals surface area contributed by atoms with Crippen LogP contribution in [0.15, 0.2) is 66.9 Å². The predicted octanol–water partition coefficient (Wildman–Crippen LogP) is 5.36. The van der Waals surface area contributed by atoms with Crippen LogP contribution < -0.4 is 0 Å². The van der Waals surface area contributed by atoms with E-state index in [1.807, 2.05) is 12.3 Å². The highest BCUT2D eigenvalue weighted by Gasteiger charge is 2.25. The molecule has 1 aliphatic carbocycles. The number of nitrogens with one attached hydrogen (secondary N) is 2. The van der Waals surface area contributed by atoms with Crippen molar-refractivity contribution in [2.24, 2.45) is 0 Å². The molecule has 3 nitrogen and oxygen atoms in total. The van der Waals surface area contributed by atoms with Crippen LogP contribution in [-0.2, 0) is 0 Å². The average Bonchev–Trinajstić information content (AvgIpc) is 3.30. The molecule has 1 aliphatic rings. The summed E-state index contributed by atoms with van der Waals surface area (Å²) in [4.78, 5) is 11.8. The van der Waals surface area contributed by atoms with Crippen LogP contribution in [0.5, 0.6) is 0 Å². The molecule has 0 amide bonds. The van der Waals surface area contributed by atoms with Crippen molar-refractivity contribution in [3.05, 3.63) is 66.9 Å². The maximum Gasteiger partial charge on any atom is 0.140 e. The van der Waals surface area contributed by atoms with E-state index in [1.54, 1.807) is 0 Å². The topological polar surface area (TPSA) is 44.5 Å². The Balaban J connectivity index is 1.64. The minimum Gasteiger partial charge on any atom is -0.360 e. The lowest BCUT2D eigenvalue weighted by atomic mass is 10.0. The van der Waals surface area contributed by atoms with Crippen LogP contribution in [0.2, 0.25) is 0 Å². The number of nitrogens with zero attached hydrogens (tertiary/aromatic N) is 1. The van der Waals surface area contributed by atoms with Gasteiger partial charge < -0.3 is 9.97 Å². The predicted molar refractivity (Wildman–Crippen MR) is 97.8 cm³/mol. The number of imidazole rings is 1. The van der Waals surface area contributed by atoms with Crippen LogP contribution in [0.3, 0.4) is 0 Å². The van der Waals surface area contributed by atoms with Gasteiger partial charge in [-0.2, -0.15) is 0 Å². The van der Waals surface area contributed by atoms with Crippen molar-refractivity contribution in [2.75, 3.05) is 0 Å². The number of hydrogen-bond acceptors (Lipinski definition) is 1. The fourth-order valence-corrected chi connectivity index (χ4v) is 3.90. The number of H-pyrrole nitrogens is 2. The highest BCUT2D eigenvalue weighted by atomic mass is 15.0. The molecule has 0 spiro atoms. The van der Waals surface area contributed by atoms with Gasteiger partial charge in [0.05, 0.1) is 11.4 Å². The van der Waals surface area contributed by atoms with Crippen LogP contribution in [0.4, 0.5) is 0 Å². The summed E-state index contributed by atoms with van der Waals surface area (Å²) in [6, 6.07) is 21.2. The Kier molecular flexibility index (Phi) is 2.10. The first-order valence-corrected chi connectivity index (χ1v) is 8.09. The Hall–Kier alpha value is -3.33. The van der Waals surface area contributed by atoms with Gasteiger partial charge in [0.2, 0.25) is 0 Å². The number of fused-ring (bicyclic) bond motifs is 4. The Morgan fingerprint density at radius 3 is 2.50 bits per heavy atom. The first-order valence-electron chi connectivity index (χ1n) is 8.09. The Labute approximate surface area is 138 Å². The van der Waals surface area contributed by atoms with Gasteiger partial charge in [0.25, 0.3) is 0 Å². The minimum atomic E-state index is 0.920. The molecule has 24 heavy (non-hydrogen) atoms. The average molecular weight is 307 g/mol. The molecule has 0 atom stereocenters. The second-order valence-corrected chi connectivity index (χ2v) is 6.27. The quantitative estimate of drug-likeness (QED) is 0.422. The zero-order chi connectivity index (χ0) is 15.7. The maximum absolute atomic E-state index is 4.95. The number of hydrogen-bond donors (Lipinski definition) is 2. The second-order valence-electron chi connectivity index (χ2n) is 6.27. The van der Waals surface area contributed by atoms with Crippen LogP contribution in [0, 0.1) is 0 Å². The van der Waals surface area contributed by atoms with Gasteiger partial charge in [0.15, 0.2) is 0 Å². The van der Waals surface area contributed by atoms with E-state index in [4.69, 9.17) is 4.98 Å². The number of aromatic nitrogens is 3. The normalized spacial score (nSPS) is 12.2. The fraction of sp³-hybridized carbons (Fsp3) is 0. The molecule has 0 bridgehead atoms. The standard InChI is InChI=1S/C21H13N3/c1-2-10-17-13(7-1)16(11-22-17)21-23-19-14-8-3-5-12-6-4-9-15(18(12)14)20(19)24-21/h1-11,22H,(H,23,24). The highest BCUT2D eigenvalue weighted by molar-refractivity contribution is 6.14. The van der Waals surface area contributed by atoms with Crippen LogP contribution in [-0.4, -0.2) is 15.0 Å². The molecule has 0 fully saturated rings. The van der Waals surface area contributed by atoms with Gasteiger partial charge in [-0.25, -0.2) is 4.98 Å². The van der Waals surface area contributed by atoms with Gasteiger partial charge in [0, 0.05) is 39.2 Å². The SMILES string of the molecule is c1cc2c3c(cccc3c1)-c1[nH]c(-c3c[nH]c4ccccc34)nc1-2.